The number of hydrogen-bond acceptors (Lipinski definition) is 30. The van der Waals surface area contributed by atoms with Crippen molar-refractivity contribution in [3.63, 3.8) is 0 Å². The van der Waals surface area contributed by atoms with Crippen LogP contribution in [0.1, 0.15) is 193 Å². The van der Waals surface area contributed by atoms with Gasteiger partial charge in [-0.3, -0.25) is 19.2 Å². The molecule has 0 atom stereocenters. The fourth-order valence-electron chi connectivity index (χ4n) is 10.5. The highest BCUT2D eigenvalue weighted by atomic mass is 16.5. The van der Waals surface area contributed by atoms with Gasteiger partial charge in [-0.2, -0.15) is 10.5 Å². The van der Waals surface area contributed by atoms with Crippen LogP contribution in [0.15, 0.2) is 176 Å². The third-order valence-electron chi connectivity index (χ3n) is 17.3. The molecule has 0 bridgehead atoms. The second kappa shape index (κ2) is 79.2. The van der Waals surface area contributed by atoms with E-state index in [9.17, 15) is 33.9 Å². The molecule has 762 valence electrons. The topological polar surface area (TPSA) is 384 Å². The Morgan fingerprint density at radius 3 is 0.825 bits per heavy atom. The van der Waals surface area contributed by atoms with Gasteiger partial charge >= 0.3 is 11.9 Å². The lowest BCUT2D eigenvalue weighted by Gasteiger charge is -2.08. The standard InChI is InChI=1S/C11H14O3.C10H8N2O2.C10H12O4.2C10H12O3.C10H14O2.C9H10O4.C9H10O3.C9H12O2.C8H10O3.10CH4/c1-4-10(12)9-7-8(13-2)5-6-11(9)14-3;1-13-9-3-4-10(14-2)8(6-12)7(9)5-11;1-12-7-4-5-9(13-2)8(6-7)10(11)14-3;2*1-7(11)9-6-8(12-2)4-5-10(9)13-3;1-4-8-7-9(11-2)5-6-10(8)12-3;1-12-6-3-4-8(13-2)7(5-6)9(10)11;1-11-8-3-4-9(12-2)7(5-8)6-10;1-7-6-8(10-2)4-5-9(7)11-3;1-10-6-3-4-8(11-2)7(9)5-6;;;;;;;;;;/h5-7H,4H2,1-3H3;3-4H,1-2H3;4-6H,1-3H3;2*4-6H,1-3H3;5-7H,4H2,1-3H3;3-5H,1-2H3,(H,10,11);3-6H,1-2H3;4-6H,1-3H3;3-5,9H,1-2H3;10*1H4. The van der Waals surface area contributed by atoms with E-state index in [1.807, 2.05) is 62.4 Å². The van der Waals surface area contributed by atoms with E-state index in [-0.39, 0.29) is 114 Å². The predicted octanol–water partition coefficient (Wildman–Crippen LogP) is 24.0. The number of aryl methyl sites for hydroxylation is 2. The van der Waals surface area contributed by atoms with Gasteiger partial charge in [-0.25, -0.2) is 9.59 Å². The first-order valence-electron chi connectivity index (χ1n) is 38.0. The second-order valence-electron chi connectivity index (χ2n) is 24.6. The van der Waals surface area contributed by atoms with E-state index in [4.69, 9.17) is 110 Å². The summed E-state index contributed by atoms with van der Waals surface area (Å²) in [6.45, 7) is 8.90. The quantitative estimate of drug-likeness (QED) is 0.0261. The van der Waals surface area contributed by atoms with Crippen LogP contribution >= 0.6 is 0 Å². The molecular formula is C106H154N2O29. The van der Waals surface area contributed by atoms with Crippen molar-refractivity contribution in [3.05, 3.63) is 232 Å². The first kappa shape index (κ1) is 142. The van der Waals surface area contributed by atoms with Crippen LogP contribution in [0.25, 0.3) is 0 Å². The van der Waals surface area contributed by atoms with Crippen LogP contribution < -0.4 is 94.7 Å². The molecular weight excluding hydrogens is 1770 g/mol. The molecule has 0 unspecified atom stereocenters. The van der Waals surface area contributed by atoms with Gasteiger partial charge < -0.3 is 110 Å². The minimum Gasteiger partial charge on any atom is -0.504 e. The fraction of sp³-hybridized carbons (Fsp3) is 0.358. The van der Waals surface area contributed by atoms with Gasteiger partial charge in [-0.1, -0.05) is 88.1 Å². The number of carboxylic acid groups (broad SMARTS) is 1. The molecule has 31 heteroatoms. The number of ether oxygens (including phenoxy) is 21. The number of Topliss-reactive ketones (excluding diaryl/α,β-unsaturated/α-hetero) is 3. The van der Waals surface area contributed by atoms with E-state index in [1.165, 1.54) is 110 Å². The molecule has 0 saturated heterocycles. The number of aldehydes is 1. The van der Waals surface area contributed by atoms with Crippen molar-refractivity contribution < 1.29 is 138 Å². The molecule has 0 fully saturated rings. The molecule has 0 spiro atoms. The molecule has 0 aromatic heterocycles. The fourth-order valence-corrected chi connectivity index (χ4v) is 10.5. The van der Waals surface area contributed by atoms with Gasteiger partial charge in [0.05, 0.1) is 172 Å². The Balaban J connectivity index is -0.000000162. The van der Waals surface area contributed by atoms with Crippen molar-refractivity contribution >= 4 is 35.6 Å². The van der Waals surface area contributed by atoms with Crippen molar-refractivity contribution in [2.24, 2.45) is 0 Å². The number of hydrogen-bond donors (Lipinski definition) is 2. The zero-order valence-corrected chi connectivity index (χ0v) is 76.5. The number of phenols is 1. The van der Waals surface area contributed by atoms with Gasteiger partial charge in [0.25, 0.3) is 0 Å². The van der Waals surface area contributed by atoms with Crippen LogP contribution in [0.3, 0.4) is 0 Å². The molecule has 0 radical (unpaired) electrons. The minimum atomic E-state index is -1.03. The van der Waals surface area contributed by atoms with Crippen molar-refractivity contribution in [2.45, 2.75) is 122 Å². The van der Waals surface area contributed by atoms with Crippen molar-refractivity contribution in [2.75, 3.05) is 149 Å². The molecule has 10 aromatic rings. The highest BCUT2D eigenvalue weighted by molar-refractivity contribution is 5.99. The summed E-state index contributed by atoms with van der Waals surface area (Å²) >= 11 is 0. The van der Waals surface area contributed by atoms with Crippen LogP contribution in [0.5, 0.6) is 121 Å². The third-order valence-corrected chi connectivity index (χ3v) is 17.3. The number of rotatable bonds is 28. The average molecular weight is 1920 g/mol. The summed E-state index contributed by atoms with van der Waals surface area (Å²) in [6, 6.07) is 53.6. The summed E-state index contributed by atoms with van der Waals surface area (Å²) in [6.07, 6.45) is 2.16. The first-order valence-corrected chi connectivity index (χ1v) is 38.0. The van der Waals surface area contributed by atoms with Crippen LogP contribution in [-0.4, -0.2) is 195 Å². The Hall–Kier alpha value is -15.4. The van der Waals surface area contributed by atoms with Gasteiger partial charge in [0, 0.05) is 12.5 Å². The van der Waals surface area contributed by atoms with Gasteiger partial charge in [-0.05, 0) is 208 Å². The van der Waals surface area contributed by atoms with Crippen LogP contribution in [-0.2, 0) is 11.2 Å². The Morgan fingerprint density at radius 2 is 0.547 bits per heavy atom. The highest BCUT2D eigenvalue weighted by Crippen LogP contribution is 2.34. The number of phenolic OH excluding ortho intramolecular Hbond substituents is 1. The lowest BCUT2D eigenvalue weighted by molar-refractivity contribution is 0.0595. The predicted molar refractivity (Wildman–Crippen MR) is 546 cm³/mol. The summed E-state index contributed by atoms with van der Waals surface area (Å²) in [5, 5.41) is 35.7. The largest absolute Gasteiger partial charge is 0.504 e. The maximum absolute atomic E-state index is 11.5. The number of methoxy groups -OCH3 is 21. The maximum Gasteiger partial charge on any atom is 0.341 e. The minimum absolute atomic E-state index is 0. The summed E-state index contributed by atoms with van der Waals surface area (Å²) < 4.78 is 104. The zero-order chi connectivity index (χ0) is 95.7. The normalized spacial score (nSPS) is 8.64. The van der Waals surface area contributed by atoms with Crippen LogP contribution in [0, 0.1) is 29.6 Å². The monoisotopic (exact) mass is 1920 g/mol. The number of carbonyl (C=O) groups is 6. The molecule has 0 saturated carbocycles. The third kappa shape index (κ3) is 46.7. The number of aromatic carboxylic acids is 1. The smallest absolute Gasteiger partial charge is 0.341 e. The SMILES string of the molecule is C.C.C.C.C.C.C.C.C.C.CCC(=O)c1cc(OC)ccc1OC.CCc1cc(OC)ccc1OC.COC(=O)c1cc(OC)ccc1OC.COc1ccc(OC)c(C#N)c1C#N.COc1ccc(OC)c(C(=O)O)c1.COc1ccc(OC)c(C(C)=O)c1.COc1ccc(OC)c(C(C)=O)c1.COc1ccc(OC)c(C)c1.COc1ccc(OC)c(C=O)c1.COc1ccc(OC)c(O)c1. The number of aromatic hydroxyl groups is 1. The zero-order valence-electron chi connectivity index (χ0n) is 76.5. The number of nitriles is 2. The summed E-state index contributed by atoms with van der Waals surface area (Å²) in [4.78, 5) is 66.4. The molecule has 0 aliphatic rings. The number of nitrogens with zero attached hydrogens (tertiary/aromatic N) is 2. The van der Waals surface area contributed by atoms with Gasteiger partial charge in [0.15, 0.2) is 35.1 Å². The second-order valence-corrected chi connectivity index (χ2v) is 24.6. The number of carboxylic acids is 1. The van der Waals surface area contributed by atoms with Crippen molar-refractivity contribution in [3.8, 4) is 133 Å². The number of carbonyl (C=O) groups excluding carboxylic acids is 5. The lowest BCUT2D eigenvalue weighted by atomic mass is 10.1. The number of ketones is 3. The highest BCUT2D eigenvalue weighted by Gasteiger charge is 2.18. The summed E-state index contributed by atoms with van der Waals surface area (Å²) in [5.41, 5.74) is 5.29. The number of benzene rings is 10. The summed E-state index contributed by atoms with van der Waals surface area (Å²) in [5.74, 6) is 10.8. The van der Waals surface area contributed by atoms with Crippen LogP contribution in [0.2, 0.25) is 0 Å². The average Bonchev–Trinajstić information content (AvgIpc) is 0.801. The van der Waals surface area contributed by atoms with E-state index < -0.39 is 11.9 Å². The number of esters is 1. The molecule has 31 nitrogen and oxygen atoms in total. The Morgan fingerprint density at radius 1 is 0.299 bits per heavy atom. The van der Waals surface area contributed by atoms with E-state index in [1.54, 1.807) is 198 Å². The molecule has 2 N–H and O–H groups in total. The lowest BCUT2D eigenvalue weighted by Crippen LogP contribution is -2.04. The molecule has 0 aliphatic carbocycles. The van der Waals surface area contributed by atoms with E-state index in [2.05, 4.69) is 11.7 Å². The Labute approximate surface area is 816 Å². The molecule has 0 amide bonds. The van der Waals surface area contributed by atoms with E-state index >= 15 is 0 Å². The molecule has 10 rings (SSSR count). The van der Waals surface area contributed by atoms with E-state index in [0.717, 1.165) is 41.3 Å². The Bertz CT molecular complexity index is 4870. The molecule has 10 aromatic carbocycles. The molecule has 137 heavy (non-hydrogen) atoms. The molecule has 0 aliphatic heterocycles. The van der Waals surface area contributed by atoms with Gasteiger partial charge in [0.2, 0.25) is 0 Å². The van der Waals surface area contributed by atoms with Crippen molar-refractivity contribution in [1.29, 1.82) is 10.5 Å². The van der Waals surface area contributed by atoms with E-state index in [0.29, 0.717) is 126 Å². The Kier molecular flexibility index (Phi) is 82.1. The summed E-state index contributed by atoms with van der Waals surface area (Å²) in [7, 11) is 32.2. The van der Waals surface area contributed by atoms with Crippen molar-refractivity contribution in [1.82, 2.24) is 0 Å². The molecule has 0 heterocycles. The van der Waals surface area contributed by atoms with Gasteiger partial charge in [0.1, 0.15) is 144 Å². The van der Waals surface area contributed by atoms with Gasteiger partial charge in [-0.15, -0.1) is 0 Å². The maximum atomic E-state index is 11.5. The van der Waals surface area contributed by atoms with Crippen LogP contribution in [0.4, 0.5) is 0 Å². The first-order chi connectivity index (χ1) is 61.0.